The van der Waals surface area contributed by atoms with Crippen LogP contribution in [0, 0.1) is 5.92 Å². The fourth-order valence-electron chi connectivity index (χ4n) is 9.02. The van der Waals surface area contributed by atoms with E-state index in [4.69, 9.17) is 8.84 Å². The number of nitrogens with zero attached hydrogens (tertiary/aromatic N) is 3. The van der Waals surface area contributed by atoms with E-state index >= 15 is 0 Å². The van der Waals surface area contributed by atoms with Gasteiger partial charge in [0, 0.05) is 36.7 Å². The van der Waals surface area contributed by atoms with Crippen LogP contribution in [0.2, 0.25) is 18.1 Å². The van der Waals surface area contributed by atoms with E-state index in [0.29, 0.717) is 55.2 Å². The standard InChI is InChI=1S/C50H59N5O7Si/c1-50(2,3)63(4,5)62-45(38-17-20-43(56)47-39(38)18-21-46(57)52-47)31-51-25-22-34-15-19-40-44(30-34)61-49(60)54(40)26-10-9-11-33-14-16-37(35-12-7-6-8-13-35)41(29-33)55(48(58)59)42-32-53-27-23-36(42)24-28-53/h6-9,11-21,29-30,36,42,45,51,56H,10,22-28,31-32H2,1-5H3,(H,52,57)(H,58,59)/b11-9+/t42-,45-/m0/s1. The number of H-pyrrole nitrogens is 1. The Labute approximate surface area is 368 Å². The number of fused-ring (bicyclic) bond motifs is 5. The number of aryl methyl sites for hydroxylation is 1. The van der Waals surface area contributed by atoms with Gasteiger partial charge in [-0.25, -0.2) is 9.59 Å². The molecule has 0 aliphatic carbocycles. The van der Waals surface area contributed by atoms with E-state index in [-0.39, 0.29) is 28.5 Å². The number of rotatable bonds is 15. The maximum atomic E-state index is 13.1. The highest BCUT2D eigenvalue weighted by Gasteiger charge is 2.41. The minimum absolute atomic E-state index is 0.0157. The Morgan fingerprint density at radius 3 is 2.51 bits per heavy atom. The molecule has 2 bridgehead atoms. The molecule has 1 amide bonds. The zero-order valence-corrected chi connectivity index (χ0v) is 37.9. The molecule has 63 heavy (non-hydrogen) atoms. The molecule has 4 N–H and O–H groups in total. The second kappa shape index (κ2) is 18.2. The van der Waals surface area contributed by atoms with Crippen LogP contribution in [0.1, 0.15) is 62.8 Å². The zero-order chi connectivity index (χ0) is 44.5. The number of phenolic OH excluding ortho intramolecular Hbond substituents is 1. The van der Waals surface area contributed by atoms with Crippen molar-refractivity contribution in [1.29, 1.82) is 0 Å². The molecule has 330 valence electrons. The van der Waals surface area contributed by atoms with Gasteiger partial charge in [0.05, 0.1) is 28.9 Å². The number of phenols is 1. The lowest BCUT2D eigenvalue weighted by Crippen LogP contribution is -2.59. The number of carbonyl (C=O) groups is 1. The number of piperidine rings is 3. The number of amides is 1. The van der Waals surface area contributed by atoms with Crippen molar-refractivity contribution in [1.82, 2.24) is 19.8 Å². The van der Waals surface area contributed by atoms with E-state index in [1.165, 1.54) is 6.07 Å². The summed E-state index contributed by atoms with van der Waals surface area (Å²) in [4.78, 5) is 45.0. The topological polar surface area (TPSA) is 153 Å². The second-order valence-corrected chi connectivity index (χ2v) is 23.4. The largest absolute Gasteiger partial charge is 0.506 e. The maximum absolute atomic E-state index is 13.1. The quantitative estimate of drug-likeness (QED) is 0.0584. The van der Waals surface area contributed by atoms with Gasteiger partial charge < -0.3 is 34.3 Å². The number of carboxylic acid groups (broad SMARTS) is 1. The monoisotopic (exact) mass is 869 g/mol. The number of aromatic hydroxyl groups is 1. The van der Waals surface area contributed by atoms with E-state index in [0.717, 1.165) is 71.2 Å². The summed E-state index contributed by atoms with van der Waals surface area (Å²) < 4.78 is 14.3. The van der Waals surface area contributed by atoms with Gasteiger partial charge in [-0.1, -0.05) is 87.5 Å². The third-order valence-corrected chi connectivity index (χ3v) is 18.0. The predicted molar refractivity (Wildman–Crippen MR) is 253 cm³/mol. The SMILES string of the molecule is CC(C)(C)[Si](C)(C)O[C@@H](CNCCc1ccc2c(c1)oc(=O)n2CC/C=C/c1ccc(-c2ccccc2)c(N(C(=O)O)[C@H]2CN3CCC2CC3)c1)c1ccc(O)c2[nH]c(=O)ccc12. The first-order chi connectivity index (χ1) is 30.2. The normalized spacial score (nSPS) is 18.4. The van der Waals surface area contributed by atoms with Crippen molar-refractivity contribution >= 4 is 48.2 Å². The summed E-state index contributed by atoms with van der Waals surface area (Å²) >= 11 is 0. The molecule has 0 saturated carbocycles. The molecule has 5 heterocycles. The van der Waals surface area contributed by atoms with Crippen LogP contribution in [0.25, 0.3) is 39.2 Å². The minimum Gasteiger partial charge on any atom is -0.506 e. The van der Waals surface area contributed by atoms with Gasteiger partial charge in [0.1, 0.15) is 5.75 Å². The smallest absolute Gasteiger partial charge is 0.419 e. The molecule has 2 atom stereocenters. The molecule has 3 aliphatic heterocycles. The van der Waals surface area contributed by atoms with Crippen molar-refractivity contribution < 1.29 is 23.9 Å². The minimum atomic E-state index is -2.23. The lowest BCUT2D eigenvalue weighted by Gasteiger charge is -2.48. The Balaban J connectivity index is 0.938. The summed E-state index contributed by atoms with van der Waals surface area (Å²) in [5.41, 5.74) is 6.75. The highest BCUT2D eigenvalue weighted by molar-refractivity contribution is 6.74. The van der Waals surface area contributed by atoms with Gasteiger partial charge in [-0.2, -0.15) is 0 Å². The van der Waals surface area contributed by atoms with Gasteiger partial charge in [-0.15, -0.1) is 0 Å². The van der Waals surface area contributed by atoms with Crippen LogP contribution < -0.4 is 21.5 Å². The lowest BCUT2D eigenvalue weighted by molar-refractivity contribution is 0.0838. The first-order valence-electron chi connectivity index (χ1n) is 22.1. The zero-order valence-electron chi connectivity index (χ0n) is 36.9. The number of hydrogen-bond acceptors (Lipinski definition) is 8. The number of anilines is 1. The van der Waals surface area contributed by atoms with E-state index < -0.39 is 20.2 Å². The first kappa shape index (κ1) is 43.9. The number of allylic oxidation sites excluding steroid dienone is 1. The molecule has 9 rings (SSSR count). The Kier molecular flexibility index (Phi) is 12.7. The molecule has 4 aromatic carbocycles. The second-order valence-electron chi connectivity index (χ2n) is 18.6. The number of oxazole rings is 1. The number of nitrogens with one attached hydrogen (secondary N) is 2. The summed E-state index contributed by atoms with van der Waals surface area (Å²) in [6, 6.07) is 28.5. The van der Waals surface area contributed by atoms with Crippen molar-refractivity contribution in [3.63, 3.8) is 0 Å². The first-order valence-corrected chi connectivity index (χ1v) is 25.0. The molecule has 0 unspecified atom stereocenters. The molecular weight excluding hydrogens is 811 g/mol. The fourth-order valence-corrected chi connectivity index (χ4v) is 10.3. The van der Waals surface area contributed by atoms with Gasteiger partial charge in [0.2, 0.25) is 5.56 Å². The third-order valence-electron chi connectivity index (χ3n) is 13.5. The van der Waals surface area contributed by atoms with E-state index in [1.807, 2.05) is 84.9 Å². The van der Waals surface area contributed by atoms with Crippen molar-refractivity contribution in [2.75, 3.05) is 37.6 Å². The summed E-state index contributed by atoms with van der Waals surface area (Å²) in [5, 5.41) is 25.5. The lowest BCUT2D eigenvalue weighted by atomic mass is 9.82. The summed E-state index contributed by atoms with van der Waals surface area (Å²) in [6.45, 7) is 15.4. The maximum Gasteiger partial charge on any atom is 0.419 e. The molecule has 3 saturated heterocycles. The van der Waals surface area contributed by atoms with Crippen molar-refractivity contribution in [2.45, 2.75) is 83.3 Å². The highest BCUT2D eigenvalue weighted by Crippen LogP contribution is 2.42. The average molecular weight is 870 g/mol. The summed E-state index contributed by atoms with van der Waals surface area (Å²) in [7, 11) is -2.23. The molecule has 12 nitrogen and oxygen atoms in total. The van der Waals surface area contributed by atoms with Crippen LogP contribution in [0.15, 0.2) is 111 Å². The Hall–Kier alpha value is -5.73. The number of pyridine rings is 1. The molecular formula is C50H59N5O7Si. The molecule has 13 heteroatoms. The van der Waals surface area contributed by atoms with Gasteiger partial charge in [0.15, 0.2) is 13.9 Å². The predicted octanol–water partition coefficient (Wildman–Crippen LogP) is 9.39. The summed E-state index contributed by atoms with van der Waals surface area (Å²) in [6.07, 6.45) is 6.05. The Morgan fingerprint density at radius 1 is 1.02 bits per heavy atom. The summed E-state index contributed by atoms with van der Waals surface area (Å²) in [5.74, 6) is -0.0580. The Bertz CT molecular complexity index is 2740. The number of aromatic amines is 1. The highest BCUT2D eigenvalue weighted by atomic mass is 28.4. The molecule has 3 aliphatic rings. The van der Waals surface area contributed by atoms with Crippen molar-refractivity contribution in [3.8, 4) is 16.9 Å². The fraction of sp³-hybridized carbons (Fsp3) is 0.380. The molecule has 0 spiro atoms. The number of aromatic nitrogens is 2. The van der Waals surface area contributed by atoms with Crippen LogP contribution in [-0.2, 0) is 17.4 Å². The van der Waals surface area contributed by atoms with Crippen LogP contribution in [0.4, 0.5) is 10.5 Å². The van der Waals surface area contributed by atoms with Gasteiger partial charge in [-0.3, -0.25) is 14.3 Å². The van der Waals surface area contributed by atoms with Crippen molar-refractivity contribution in [2.24, 2.45) is 5.92 Å². The van der Waals surface area contributed by atoms with Crippen LogP contribution in [-0.4, -0.2) is 77.8 Å². The molecule has 3 fully saturated rings. The average Bonchev–Trinajstić information content (AvgIpc) is 3.57. The molecule has 2 aromatic heterocycles. The Morgan fingerprint density at radius 2 is 1.79 bits per heavy atom. The van der Waals surface area contributed by atoms with Crippen LogP contribution in [0.3, 0.4) is 0 Å². The van der Waals surface area contributed by atoms with Gasteiger partial charge in [0.25, 0.3) is 0 Å². The van der Waals surface area contributed by atoms with E-state index in [1.54, 1.807) is 21.6 Å². The van der Waals surface area contributed by atoms with Gasteiger partial charge >= 0.3 is 11.8 Å². The number of hydrogen-bond donors (Lipinski definition) is 4. The van der Waals surface area contributed by atoms with Crippen molar-refractivity contribution in [3.05, 3.63) is 135 Å². The van der Waals surface area contributed by atoms with Crippen LogP contribution in [0.5, 0.6) is 5.75 Å². The van der Waals surface area contributed by atoms with E-state index in [2.05, 4.69) is 49.1 Å². The van der Waals surface area contributed by atoms with Gasteiger partial charge in [-0.05, 0) is 122 Å². The third kappa shape index (κ3) is 9.47. The molecule has 6 aromatic rings. The van der Waals surface area contributed by atoms with E-state index in [9.17, 15) is 24.6 Å². The number of benzene rings is 4. The van der Waals surface area contributed by atoms with Crippen LogP contribution >= 0.6 is 0 Å². The molecule has 0 radical (unpaired) electrons.